The number of hydrogen-bond acceptors (Lipinski definition) is 5. The fourth-order valence-electron chi connectivity index (χ4n) is 8.02. The van der Waals surface area contributed by atoms with Crippen LogP contribution in [0, 0.1) is 17.3 Å². The van der Waals surface area contributed by atoms with Crippen LogP contribution in [0.3, 0.4) is 0 Å². The Bertz CT molecular complexity index is 1200. The van der Waals surface area contributed by atoms with E-state index in [1.54, 1.807) is 0 Å². The summed E-state index contributed by atoms with van der Waals surface area (Å²) in [7, 11) is -3.37. The number of carbonyl (C=O) groups is 1. The first-order valence-electron chi connectivity index (χ1n) is 13.9. The summed E-state index contributed by atoms with van der Waals surface area (Å²) in [5, 5.41) is 12.5. The van der Waals surface area contributed by atoms with E-state index in [1.165, 1.54) is 16.7 Å². The summed E-state index contributed by atoms with van der Waals surface area (Å²) >= 11 is 0. The minimum Gasteiger partial charge on any atom is -0.385 e. The van der Waals surface area contributed by atoms with Gasteiger partial charge in [-0.3, -0.25) is 9.36 Å². The molecule has 0 aromatic heterocycles. The number of ketones is 1. The number of allylic oxidation sites excluding steroid dienone is 4. The molecule has 1 N–H and O–H groups in total. The van der Waals surface area contributed by atoms with Gasteiger partial charge >= 0.3 is 7.60 Å². The molecule has 0 heterocycles. The average molecular weight is 525 g/mol. The van der Waals surface area contributed by atoms with Crippen LogP contribution in [0.15, 0.2) is 59.2 Å². The summed E-state index contributed by atoms with van der Waals surface area (Å²) in [5.74, 6) is 1.17. The molecule has 0 spiro atoms. The lowest BCUT2D eigenvalue weighted by atomic mass is 9.51. The van der Waals surface area contributed by atoms with Crippen LogP contribution in [-0.4, -0.2) is 29.7 Å². The molecule has 0 radical (unpaired) electrons. The Morgan fingerprint density at radius 3 is 2.46 bits per heavy atom. The second kappa shape index (κ2) is 9.75. The van der Waals surface area contributed by atoms with Gasteiger partial charge in [-0.25, -0.2) is 0 Å². The molecule has 1 aromatic rings. The highest BCUT2D eigenvalue weighted by molar-refractivity contribution is 7.62. The van der Waals surface area contributed by atoms with Crippen molar-refractivity contribution in [2.75, 3.05) is 13.2 Å². The van der Waals surface area contributed by atoms with Gasteiger partial charge in [0.2, 0.25) is 0 Å². The minimum absolute atomic E-state index is 0.120. The number of Topliss-reactive ketones (excluding diaryl/α,β-unsaturated/α-hetero) is 1. The molecule has 4 aliphatic rings. The molecule has 5 rings (SSSR count). The van der Waals surface area contributed by atoms with E-state index >= 15 is 0 Å². The third-order valence-corrected chi connectivity index (χ3v) is 11.9. The summed E-state index contributed by atoms with van der Waals surface area (Å²) in [6.45, 7) is 12.7. The lowest BCUT2D eigenvalue weighted by molar-refractivity contribution is -0.118. The number of fused-ring (bicyclic) bond motifs is 4. The second-order valence-corrected chi connectivity index (χ2v) is 13.6. The summed E-state index contributed by atoms with van der Waals surface area (Å²) in [4.78, 5) is 12.3. The van der Waals surface area contributed by atoms with Crippen molar-refractivity contribution in [3.05, 3.63) is 64.8 Å². The fourth-order valence-corrected chi connectivity index (χ4v) is 9.58. The molecule has 37 heavy (non-hydrogen) atoms. The van der Waals surface area contributed by atoms with Crippen LogP contribution < -0.4 is 5.30 Å². The predicted octanol–water partition coefficient (Wildman–Crippen LogP) is 6.78. The topological polar surface area (TPSA) is 72.8 Å². The Labute approximate surface area is 221 Å². The van der Waals surface area contributed by atoms with Gasteiger partial charge in [0.05, 0.1) is 24.1 Å². The summed E-state index contributed by atoms with van der Waals surface area (Å²) in [6, 6.07) is 7.92. The van der Waals surface area contributed by atoms with Gasteiger partial charge in [0.15, 0.2) is 0 Å². The van der Waals surface area contributed by atoms with Crippen LogP contribution >= 0.6 is 7.60 Å². The van der Waals surface area contributed by atoms with Crippen molar-refractivity contribution in [1.82, 2.24) is 0 Å². The number of hydrogen-bond donors (Lipinski definition) is 1. The normalized spacial score (nSPS) is 33.5. The van der Waals surface area contributed by atoms with Crippen LogP contribution in [0.25, 0.3) is 0 Å². The molecule has 0 amide bonds. The first-order valence-corrected chi connectivity index (χ1v) is 15.4. The quantitative estimate of drug-likeness (QED) is 0.314. The summed E-state index contributed by atoms with van der Waals surface area (Å²) in [6.07, 6.45) is 7.75. The van der Waals surface area contributed by atoms with Gasteiger partial charge in [0.1, 0.15) is 5.78 Å². The van der Waals surface area contributed by atoms with Crippen molar-refractivity contribution in [3.63, 3.8) is 0 Å². The van der Waals surface area contributed by atoms with E-state index in [2.05, 4.69) is 31.7 Å². The highest BCUT2D eigenvalue weighted by Crippen LogP contribution is 2.67. The van der Waals surface area contributed by atoms with Gasteiger partial charge in [-0.15, -0.1) is 0 Å². The molecular formula is C31H41O5P. The van der Waals surface area contributed by atoms with Gasteiger partial charge in [0, 0.05) is 24.2 Å². The van der Waals surface area contributed by atoms with E-state index in [9.17, 15) is 14.5 Å². The zero-order chi connectivity index (χ0) is 26.6. The van der Waals surface area contributed by atoms with Gasteiger partial charge in [0.25, 0.3) is 0 Å². The van der Waals surface area contributed by atoms with Gasteiger partial charge < -0.3 is 14.2 Å². The monoisotopic (exact) mass is 524 g/mol. The molecule has 0 unspecified atom stereocenters. The second-order valence-electron chi connectivity index (χ2n) is 11.6. The van der Waals surface area contributed by atoms with E-state index in [1.807, 2.05) is 32.9 Å². The van der Waals surface area contributed by atoms with E-state index in [-0.39, 0.29) is 11.3 Å². The van der Waals surface area contributed by atoms with Crippen LogP contribution in [0.2, 0.25) is 0 Å². The first kappa shape index (κ1) is 26.8. The standard InChI is InChI=1S/C31H41O5P/c1-6-35-37(34,36-7-2)24-12-8-21(9-13-24)27-19-30(5)28(16-17-31(30,33)20(3)4)26-14-10-22-18-23(32)11-15-25(22)29(26)27/h8-10,12-13,26-28,33H,3,6-7,11,14-19H2,1-2,4-5H3/t26-,27+,28-,30-,31+/m0/s1. The predicted molar refractivity (Wildman–Crippen MR) is 147 cm³/mol. The Morgan fingerprint density at radius 2 is 1.84 bits per heavy atom. The third-order valence-electron chi connectivity index (χ3n) is 9.78. The van der Waals surface area contributed by atoms with Gasteiger partial charge in [-0.2, -0.15) is 0 Å². The van der Waals surface area contributed by atoms with Crippen LogP contribution in [0.5, 0.6) is 0 Å². The number of benzene rings is 1. The Kier molecular flexibility index (Phi) is 7.07. The molecule has 4 aliphatic carbocycles. The van der Waals surface area contributed by atoms with E-state index in [0.29, 0.717) is 49.0 Å². The maximum atomic E-state index is 13.4. The number of carbonyl (C=O) groups excluding carboxylic acids is 1. The highest BCUT2D eigenvalue weighted by Gasteiger charge is 2.63. The minimum atomic E-state index is -3.37. The van der Waals surface area contributed by atoms with E-state index < -0.39 is 13.2 Å². The molecule has 1 aromatic carbocycles. The highest BCUT2D eigenvalue weighted by atomic mass is 31.2. The Hall–Kier alpha value is -1.78. The zero-order valence-corrected chi connectivity index (χ0v) is 23.6. The SMILES string of the molecule is C=C(C)[C@]1(O)CC[C@H]2[C@@H]3CC=C4CC(=O)CCC4=C3[C@@H](c3ccc(P(=O)(OCC)OCC)cc3)C[C@@]21C. The molecule has 3 fully saturated rings. The first-order chi connectivity index (χ1) is 17.6. The van der Waals surface area contributed by atoms with Crippen molar-refractivity contribution in [1.29, 1.82) is 0 Å². The third kappa shape index (κ3) is 4.18. The average Bonchev–Trinajstić information content (AvgIpc) is 3.15. The summed E-state index contributed by atoms with van der Waals surface area (Å²) in [5.41, 5.74) is 4.91. The largest absolute Gasteiger partial charge is 0.385 e. The Morgan fingerprint density at radius 1 is 1.16 bits per heavy atom. The van der Waals surface area contributed by atoms with Crippen molar-refractivity contribution in [2.45, 2.75) is 84.2 Å². The maximum Gasteiger partial charge on any atom is 0.361 e. The smallest absolute Gasteiger partial charge is 0.361 e. The molecule has 0 aliphatic heterocycles. The zero-order valence-electron chi connectivity index (χ0n) is 22.7. The van der Waals surface area contributed by atoms with Crippen LogP contribution in [0.1, 0.15) is 84.1 Å². The van der Waals surface area contributed by atoms with E-state index in [4.69, 9.17) is 9.05 Å². The molecule has 0 saturated heterocycles. The number of rotatable bonds is 7. The molecule has 200 valence electrons. The molecule has 3 saturated carbocycles. The summed E-state index contributed by atoms with van der Waals surface area (Å²) < 4.78 is 24.5. The van der Waals surface area contributed by atoms with Gasteiger partial charge in [-0.1, -0.05) is 37.3 Å². The van der Waals surface area contributed by atoms with Crippen molar-refractivity contribution >= 4 is 18.7 Å². The van der Waals surface area contributed by atoms with Crippen molar-refractivity contribution in [2.24, 2.45) is 17.3 Å². The molecule has 0 bridgehead atoms. The molecule has 5 atom stereocenters. The van der Waals surface area contributed by atoms with E-state index in [0.717, 1.165) is 43.2 Å². The lowest BCUT2D eigenvalue weighted by Crippen LogP contribution is -2.51. The Balaban J connectivity index is 1.61. The molecule has 6 heteroatoms. The van der Waals surface area contributed by atoms with Gasteiger partial charge in [-0.05, 0) is 99.1 Å². The van der Waals surface area contributed by atoms with Crippen molar-refractivity contribution < 1.29 is 23.5 Å². The lowest BCUT2D eigenvalue weighted by Gasteiger charge is -2.54. The fraction of sp³-hybridized carbons (Fsp3) is 0.581. The van der Waals surface area contributed by atoms with Crippen molar-refractivity contribution in [3.8, 4) is 0 Å². The molecule has 5 nitrogen and oxygen atoms in total. The van der Waals surface area contributed by atoms with Crippen LogP contribution in [0.4, 0.5) is 0 Å². The molecular weight excluding hydrogens is 483 g/mol. The number of aliphatic hydroxyl groups is 1. The maximum absolute atomic E-state index is 13.4. The van der Waals surface area contributed by atoms with Crippen LogP contribution in [-0.2, 0) is 18.4 Å².